The largest absolute Gasteiger partial charge is 0.399 e. The fraction of sp³-hybridized carbons (Fsp3) is 0.273. The Morgan fingerprint density at radius 2 is 1.74 bits per heavy atom. The van der Waals surface area contributed by atoms with Gasteiger partial charge < -0.3 is 10.6 Å². The molecule has 2 N–H and O–H groups in total. The quantitative estimate of drug-likeness (QED) is 0.727. The van der Waals surface area contributed by atoms with Crippen LogP contribution in [0.5, 0.6) is 0 Å². The first kappa shape index (κ1) is 17.5. The third kappa shape index (κ3) is 4.26. The molecule has 0 unspecified atom stereocenters. The number of aromatic nitrogens is 1. The number of benzene rings is 2. The van der Waals surface area contributed by atoms with Gasteiger partial charge in [-0.15, -0.1) is 0 Å². The van der Waals surface area contributed by atoms with E-state index >= 15 is 0 Å². The Kier molecular flexibility index (Phi) is 5.03. The lowest BCUT2D eigenvalue weighted by Gasteiger charge is -2.34. The Labute approximate surface area is 159 Å². The second-order valence-electron chi connectivity index (χ2n) is 7.07. The van der Waals surface area contributed by atoms with Crippen LogP contribution in [0.4, 0.5) is 5.69 Å². The van der Waals surface area contributed by atoms with Gasteiger partial charge in [0.1, 0.15) is 0 Å². The number of nitrogens with two attached hydrogens (primary N) is 1. The van der Waals surface area contributed by atoms with Crippen molar-refractivity contribution in [1.29, 1.82) is 0 Å². The molecule has 1 aliphatic rings. The summed E-state index contributed by atoms with van der Waals surface area (Å²) in [5, 5.41) is 1.00. The summed E-state index contributed by atoms with van der Waals surface area (Å²) >= 11 is 0. The van der Waals surface area contributed by atoms with Crippen molar-refractivity contribution in [3.05, 3.63) is 71.9 Å². The lowest BCUT2D eigenvalue weighted by atomic mass is 10.1. The molecule has 3 aromatic rings. The van der Waals surface area contributed by atoms with Crippen molar-refractivity contribution in [2.45, 2.75) is 13.0 Å². The zero-order valence-corrected chi connectivity index (χ0v) is 15.3. The number of pyridine rings is 1. The van der Waals surface area contributed by atoms with Gasteiger partial charge in [-0.05, 0) is 29.8 Å². The maximum atomic E-state index is 12.7. The molecule has 0 spiro atoms. The second-order valence-corrected chi connectivity index (χ2v) is 7.07. The maximum Gasteiger partial charge on any atom is 0.228 e. The molecule has 5 heteroatoms. The van der Waals surface area contributed by atoms with Gasteiger partial charge in [-0.2, -0.15) is 0 Å². The Morgan fingerprint density at radius 1 is 0.963 bits per heavy atom. The first-order chi connectivity index (χ1) is 13.2. The van der Waals surface area contributed by atoms with Crippen LogP contribution in [0.2, 0.25) is 0 Å². The Balaban J connectivity index is 1.33. The summed E-state index contributed by atoms with van der Waals surface area (Å²) in [7, 11) is 0. The summed E-state index contributed by atoms with van der Waals surface area (Å²) in [6, 6.07) is 20.0. The number of piperazine rings is 1. The van der Waals surface area contributed by atoms with Crippen LogP contribution in [0.1, 0.15) is 11.3 Å². The molecule has 1 aliphatic heterocycles. The monoisotopic (exact) mass is 360 g/mol. The standard InChI is InChI=1S/C22H24N4O/c23-19-7-9-21-18(14-19)6-8-20(24-21)15-22(27)26-12-10-25(11-13-26)16-17-4-2-1-3-5-17/h1-9,14H,10-13,15-16,23H2. The summed E-state index contributed by atoms with van der Waals surface area (Å²) in [5.74, 6) is 0.150. The molecule has 138 valence electrons. The van der Waals surface area contributed by atoms with Crippen LogP contribution in [0, 0.1) is 0 Å². The molecule has 5 nitrogen and oxygen atoms in total. The average Bonchev–Trinajstić information content (AvgIpc) is 2.69. The molecule has 0 radical (unpaired) electrons. The van der Waals surface area contributed by atoms with Crippen LogP contribution in [0.15, 0.2) is 60.7 Å². The van der Waals surface area contributed by atoms with Gasteiger partial charge >= 0.3 is 0 Å². The number of carbonyl (C=O) groups is 1. The number of nitrogens with zero attached hydrogens (tertiary/aromatic N) is 3. The molecule has 1 saturated heterocycles. The number of carbonyl (C=O) groups excluding carboxylic acids is 1. The van der Waals surface area contributed by atoms with Crippen molar-refractivity contribution < 1.29 is 4.79 Å². The zero-order chi connectivity index (χ0) is 18.6. The highest BCUT2D eigenvalue weighted by Crippen LogP contribution is 2.17. The second kappa shape index (κ2) is 7.76. The Morgan fingerprint density at radius 3 is 2.52 bits per heavy atom. The predicted molar refractivity (Wildman–Crippen MR) is 108 cm³/mol. The van der Waals surface area contributed by atoms with E-state index in [9.17, 15) is 4.79 Å². The minimum absolute atomic E-state index is 0.150. The summed E-state index contributed by atoms with van der Waals surface area (Å²) in [5.41, 5.74) is 9.54. The minimum Gasteiger partial charge on any atom is -0.399 e. The lowest BCUT2D eigenvalue weighted by molar-refractivity contribution is -0.132. The zero-order valence-electron chi connectivity index (χ0n) is 15.3. The number of rotatable bonds is 4. The fourth-order valence-electron chi connectivity index (χ4n) is 3.55. The van der Waals surface area contributed by atoms with Crippen LogP contribution in [-0.2, 0) is 17.8 Å². The van der Waals surface area contributed by atoms with Crippen molar-refractivity contribution in [3.8, 4) is 0 Å². The fourth-order valence-corrected chi connectivity index (χ4v) is 3.55. The Hall–Kier alpha value is -2.92. The van der Waals surface area contributed by atoms with E-state index in [0.29, 0.717) is 6.42 Å². The van der Waals surface area contributed by atoms with Gasteiger partial charge in [0, 0.05) is 43.8 Å². The van der Waals surface area contributed by atoms with Gasteiger partial charge in [0.15, 0.2) is 0 Å². The van der Waals surface area contributed by atoms with E-state index in [0.717, 1.165) is 55.0 Å². The predicted octanol–water partition coefficient (Wildman–Crippen LogP) is 2.70. The van der Waals surface area contributed by atoms with Crippen LogP contribution in [0.3, 0.4) is 0 Å². The number of fused-ring (bicyclic) bond motifs is 1. The van der Waals surface area contributed by atoms with Crippen molar-refractivity contribution in [2.24, 2.45) is 0 Å². The van der Waals surface area contributed by atoms with E-state index in [2.05, 4.69) is 34.1 Å². The van der Waals surface area contributed by atoms with E-state index in [-0.39, 0.29) is 5.91 Å². The topological polar surface area (TPSA) is 62.5 Å². The molecule has 1 aromatic heterocycles. The third-order valence-corrected chi connectivity index (χ3v) is 5.08. The SMILES string of the molecule is Nc1ccc2nc(CC(=O)N3CCN(Cc4ccccc4)CC3)ccc2c1. The van der Waals surface area contributed by atoms with Gasteiger partial charge in [-0.1, -0.05) is 36.4 Å². The van der Waals surface area contributed by atoms with Gasteiger partial charge in [-0.25, -0.2) is 0 Å². The molecule has 1 amide bonds. The van der Waals surface area contributed by atoms with Crippen molar-refractivity contribution in [3.63, 3.8) is 0 Å². The molecule has 2 aromatic carbocycles. The van der Waals surface area contributed by atoms with Gasteiger partial charge in [-0.3, -0.25) is 14.7 Å². The van der Waals surface area contributed by atoms with E-state index in [1.165, 1.54) is 5.56 Å². The van der Waals surface area contributed by atoms with Crippen molar-refractivity contribution in [1.82, 2.24) is 14.8 Å². The van der Waals surface area contributed by atoms with E-state index in [1.54, 1.807) is 0 Å². The number of nitrogen functional groups attached to an aromatic ring is 1. The maximum absolute atomic E-state index is 12.7. The molecule has 4 rings (SSSR count). The normalized spacial score (nSPS) is 15.2. The molecular formula is C22H24N4O. The van der Waals surface area contributed by atoms with E-state index < -0.39 is 0 Å². The van der Waals surface area contributed by atoms with Gasteiger partial charge in [0.25, 0.3) is 0 Å². The van der Waals surface area contributed by atoms with Gasteiger partial charge in [0.05, 0.1) is 17.6 Å². The number of anilines is 1. The minimum atomic E-state index is 0.150. The number of hydrogen-bond donors (Lipinski definition) is 1. The van der Waals surface area contributed by atoms with Gasteiger partial charge in [0.2, 0.25) is 5.91 Å². The van der Waals surface area contributed by atoms with Crippen LogP contribution >= 0.6 is 0 Å². The highest BCUT2D eigenvalue weighted by Gasteiger charge is 2.21. The molecule has 1 fully saturated rings. The molecule has 0 bridgehead atoms. The van der Waals surface area contributed by atoms with Crippen LogP contribution in [-0.4, -0.2) is 46.9 Å². The summed E-state index contributed by atoms with van der Waals surface area (Å²) in [6.45, 7) is 4.31. The molecule has 0 atom stereocenters. The first-order valence-corrected chi connectivity index (χ1v) is 9.36. The molecule has 0 aliphatic carbocycles. The summed E-state index contributed by atoms with van der Waals surface area (Å²) in [6.07, 6.45) is 0.346. The highest BCUT2D eigenvalue weighted by atomic mass is 16.2. The lowest BCUT2D eigenvalue weighted by Crippen LogP contribution is -2.48. The molecule has 0 saturated carbocycles. The molecular weight excluding hydrogens is 336 g/mol. The smallest absolute Gasteiger partial charge is 0.228 e. The summed E-state index contributed by atoms with van der Waals surface area (Å²) < 4.78 is 0. The van der Waals surface area contributed by atoms with Crippen molar-refractivity contribution in [2.75, 3.05) is 31.9 Å². The van der Waals surface area contributed by atoms with Crippen molar-refractivity contribution >= 4 is 22.5 Å². The van der Waals surface area contributed by atoms with E-state index in [4.69, 9.17) is 5.73 Å². The average molecular weight is 360 g/mol. The summed E-state index contributed by atoms with van der Waals surface area (Å²) in [4.78, 5) is 21.6. The number of hydrogen-bond acceptors (Lipinski definition) is 4. The Bertz CT molecular complexity index is 933. The molecule has 27 heavy (non-hydrogen) atoms. The van der Waals surface area contributed by atoms with Crippen LogP contribution in [0.25, 0.3) is 10.9 Å². The highest BCUT2D eigenvalue weighted by molar-refractivity contribution is 5.83. The molecule has 2 heterocycles. The number of amides is 1. The first-order valence-electron chi connectivity index (χ1n) is 9.36. The van der Waals surface area contributed by atoms with E-state index in [1.807, 2.05) is 41.3 Å². The third-order valence-electron chi connectivity index (χ3n) is 5.08. The van der Waals surface area contributed by atoms with Crippen LogP contribution < -0.4 is 5.73 Å².